The van der Waals surface area contributed by atoms with Gasteiger partial charge in [0.25, 0.3) is 0 Å². The average Bonchev–Trinajstić information content (AvgIpc) is 3.21. The Bertz CT molecular complexity index is 1070. The molecule has 0 bridgehead atoms. The smallest absolute Gasteiger partial charge is 0.308 e. The zero-order valence-electron chi connectivity index (χ0n) is 15.3. The van der Waals surface area contributed by atoms with Gasteiger partial charge < -0.3 is 10.6 Å². The SMILES string of the molecule is Cc1ccc(NC(=O)Nc2ccc(-c3csc(-c4ccccc4)n3)cc2)cc1. The zero-order valence-corrected chi connectivity index (χ0v) is 16.2. The Labute approximate surface area is 167 Å². The number of hydrogen-bond donors (Lipinski definition) is 2. The van der Waals surface area contributed by atoms with Crippen LogP contribution < -0.4 is 10.6 Å². The Morgan fingerprint density at radius 1 is 0.786 bits per heavy atom. The minimum Gasteiger partial charge on any atom is -0.308 e. The largest absolute Gasteiger partial charge is 0.323 e. The number of amides is 2. The van der Waals surface area contributed by atoms with Crippen LogP contribution in [0, 0.1) is 6.92 Å². The van der Waals surface area contributed by atoms with E-state index in [0.29, 0.717) is 0 Å². The highest BCUT2D eigenvalue weighted by Crippen LogP contribution is 2.29. The number of nitrogens with zero attached hydrogens (tertiary/aromatic N) is 1. The molecule has 0 radical (unpaired) electrons. The number of thiazole rings is 1. The molecule has 0 aliphatic rings. The lowest BCUT2D eigenvalue weighted by Gasteiger charge is -2.08. The van der Waals surface area contributed by atoms with Crippen LogP contribution >= 0.6 is 11.3 Å². The molecular formula is C23H19N3OS. The minimum atomic E-state index is -0.267. The molecule has 3 aromatic carbocycles. The topological polar surface area (TPSA) is 54.0 Å². The van der Waals surface area contributed by atoms with Crippen LogP contribution in [0.1, 0.15) is 5.56 Å². The van der Waals surface area contributed by atoms with Gasteiger partial charge in [0.2, 0.25) is 0 Å². The summed E-state index contributed by atoms with van der Waals surface area (Å²) >= 11 is 1.62. The predicted octanol–water partition coefficient (Wildman–Crippen LogP) is 6.43. The van der Waals surface area contributed by atoms with E-state index in [-0.39, 0.29) is 6.03 Å². The van der Waals surface area contributed by atoms with Gasteiger partial charge in [0.1, 0.15) is 5.01 Å². The second kappa shape index (κ2) is 8.06. The number of anilines is 2. The van der Waals surface area contributed by atoms with E-state index in [1.165, 1.54) is 0 Å². The molecule has 0 unspecified atom stereocenters. The summed E-state index contributed by atoms with van der Waals surface area (Å²) in [5, 5.41) is 8.72. The van der Waals surface area contributed by atoms with E-state index in [9.17, 15) is 4.79 Å². The summed E-state index contributed by atoms with van der Waals surface area (Å²) in [7, 11) is 0. The van der Waals surface area contributed by atoms with Crippen molar-refractivity contribution in [2.24, 2.45) is 0 Å². The van der Waals surface area contributed by atoms with E-state index in [0.717, 1.165) is 38.8 Å². The molecule has 1 heterocycles. The standard InChI is InChI=1S/C23H19N3OS/c1-16-7-11-19(12-8-16)24-23(27)25-20-13-9-17(10-14-20)21-15-28-22(26-21)18-5-3-2-4-6-18/h2-15H,1H3,(H2,24,25,27). The molecule has 0 fully saturated rings. The molecular weight excluding hydrogens is 366 g/mol. The van der Waals surface area contributed by atoms with Gasteiger partial charge in [-0.25, -0.2) is 9.78 Å². The van der Waals surface area contributed by atoms with Crippen LogP contribution in [0.3, 0.4) is 0 Å². The van der Waals surface area contributed by atoms with Gasteiger partial charge in [0.15, 0.2) is 0 Å². The monoisotopic (exact) mass is 385 g/mol. The van der Waals surface area contributed by atoms with Gasteiger partial charge in [-0.2, -0.15) is 0 Å². The van der Waals surface area contributed by atoms with Crippen molar-refractivity contribution in [2.75, 3.05) is 10.6 Å². The van der Waals surface area contributed by atoms with E-state index in [2.05, 4.69) is 28.1 Å². The van der Waals surface area contributed by atoms with Crippen LogP contribution in [0.4, 0.5) is 16.2 Å². The Kier molecular flexibility index (Phi) is 5.17. The van der Waals surface area contributed by atoms with Gasteiger partial charge in [-0.1, -0.05) is 60.2 Å². The van der Waals surface area contributed by atoms with Gasteiger partial charge in [0.05, 0.1) is 5.69 Å². The Morgan fingerprint density at radius 3 is 2.04 bits per heavy atom. The Morgan fingerprint density at radius 2 is 1.39 bits per heavy atom. The lowest BCUT2D eigenvalue weighted by atomic mass is 10.1. The first-order chi connectivity index (χ1) is 13.7. The third-order valence-electron chi connectivity index (χ3n) is 4.27. The van der Waals surface area contributed by atoms with Crippen molar-refractivity contribution in [3.8, 4) is 21.8 Å². The molecule has 0 spiro atoms. The highest BCUT2D eigenvalue weighted by molar-refractivity contribution is 7.13. The summed E-state index contributed by atoms with van der Waals surface area (Å²) in [4.78, 5) is 16.9. The first-order valence-electron chi connectivity index (χ1n) is 8.93. The fourth-order valence-electron chi connectivity index (χ4n) is 2.77. The van der Waals surface area contributed by atoms with Crippen molar-refractivity contribution in [1.82, 2.24) is 4.98 Å². The number of carbonyl (C=O) groups excluding carboxylic acids is 1. The fraction of sp³-hybridized carbons (Fsp3) is 0.0435. The molecule has 0 atom stereocenters. The Balaban J connectivity index is 1.42. The van der Waals surface area contributed by atoms with E-state index in [1.807, 2.05) is 73.7 Å². The number of aryl methyl sites for hydroxylation is 1. The van der Waals surface area contributed by atoms with Crippen LogP contribution in [0.5, 0.6) is 0 Å². The zero-order chi connectivity index (χ0) is 19.3. The van der Waals surface area contributed by atoms with Gasteiger partial charge >= 0.3 is 6.03 Å². The number of nitrogens with one attached hydrogen (secondary N) is 2. The van der Waals surface area contributed by atoms with Crippen LogP contribution in [0.25, 0.3) is 21.8 Å². The maximum atomic E-state index is 12.1. The van der Waals surface area contributed by atoms with Crippen molar-refractivity contribution in [3.05, 3.63) is 89.8 Å². The number of carbonyl (C=O) groups is 1. The number of rotatable bonds is 4. The summed E-state index contributed by atoms with van der Waals surface area (Å²) in [5.74, 6) is 0. The van der Waals surface area contributed by atoms with Crippen molar-refractivity contribution >= 4 is 28.7 Å². The number of benzene rings is 3. The van der Waals surface area contributed by atoms with E-state index >= 15 is 0 Å². The molecule has 0 saturated carbocycles. The normalized spacial score (nSPS) is 10.5. The molecule has 1 aromatic heterocycles. The lowest BCUT2D eigenvalue weighted by Crippen LogP contribution is -2.19. The Hall–Kier alpha value is -3.44. The molecule has 0 saturated heterocycles. The molecule has 4 aromatic rings. The third-order valence-corrected chi connectivity index (χ3v) is 5.16. The number of aromatic nitrogens is 1. The van der Waals surface area contributed by atoms with E-state index in [1.54, 1.807) is 11.3 Å². The molecule has 2 amide bonds. The first kappa shape index (κ1) is 17.9. The van der Waals surface area contributed by atoms with Crippen molar-refractivity contribution in [3.63, 3.8) is 0 Å². The molecule has 0 aliphatic carbocycles. The van der Waals surface area contributed by atoms with E-state index in [4.69, 9.17) is 4.98 Å². The molecule has 138 valence electrons. The average molecular weight is 385 g/mol. The quantitative estimate of drug-likeness (QED) is 0.425. The fourth-order valence-corrected chi connectivity index (χ4v) is 3.61. The summed E-state index contributed by atoms with van der Waals surface area (Å²) in [5.41, 5.74) is 5.70. The molecule has 2 N–H and O–H groups in total. The van der Waals surface area contributed by atoms with Crippen LogP contribution in [-0.4, -0.2) is 11.0 Å². The highest BCUT2D eigenvalue weighted by Gasteiger charge is 2.07. The second-order valence-corrected chi connectivity index (χ2v) is 7.28. The second-order valence-electron chi connectivity index (χ2n) is 6.43. The minimum absolute atomic E-state index is 0.267. The molecule has 4 rings (SSSR count). The molecule has 28 heavy (non-hydrogen) atoms. The highest BCUT2D eigenvalue weighted by atomic mass is 32.1. The van der Waals surface area contributed by atoms with Crippen LogP contribution in [0.15, 0.2) is 84.2 Å². The number of urea groups is 1. The lowest BCUT2D eigenvalue weighted by molar-refractivity contribution is 0.262. The maximum Gasteiger partial charge on any atom is 0.323 e. The van der Waals surface area contributed by atoms with Gasteiger partial charge in [-0.3, -0.25) is 0 Å². The van der Waals surface area contributed by atoms with Gasteiger partial charge in [-0.15, -0.1) is 11.3 Å². The van der Waals surface area contributed by atoms with Crippen molar-refractivity contribution < 1.29 is 4.79 Å². The van der Waals surface area contributed by atoms with Crippen LogP contribution in [0.2, 0.25) is 0 Å². The van der Waals surface area contributed by atoms with E-state index < -0.39 is 0 Å². The summed E-state index contributed by atoms with van der Waals surface area (Å²) in [6, 6.07) is 25.2. The maximum absolute atomic E-state index is 12.1. The molecule has 0 aliphatic heterocycles. The van der Waals surface area contributed by atoms with Gasteiger partial charge in [0, 0.05) is 27.9 Å². The van der Waals surface area contributed by atoms with Crippen molar-refractivity contribution in [2.45, 2.75) is 6.92 Å². The predicted molar refractivity (Wildman–Crippen MR) is 117 cm³/mol. The molecule has 5 heteroatoms. The third kappa shape index (κ3) is 4.27. The van der Waals surface area contributed by atoms with Gasteiger partial charge in [-0.05, 0) is 31.2 Å². The summed E-state index contributed by atoms with van der Waals surface area (Å²) < 4.78 is 0. The molecule has 4 nitrogen and oxygen atoms in total. The summed E-state index contributed by atoms with van der Waals surface area (Å²) in [6.07, 6.45) is 0. The van der Waals surface area contributed by atoms with Crippen LogP contribution in [-0.2, 0) is 0 Å². The van der Waals surface area contributed by atoms with Crippen molar-refractivity contribution in [1.29, 1.82) is 0 Å². The first-order valence-corrected chi connectivity index (χ1v) is 9.81. The number of hydrogen-bond acceptors (Lipinski definition) is 3. The summed E-state index contributed by atoms with van der Waals surface area (Å²) in [6.45, 7) is 2.01.